The molecule has 0 amide bonds. The van der Waals surface area contributed by atoms with Crippen LogP contribution in [-0.2, 0) is 0 Å². The van der Waals surface area contributed by atoms with Crippen molar-refractivity contribution in [2.24, 2.45) is 0 Å². The van der Waals surface area contributed by atoms with Crippen LogP contribution in [0.3, 0.4) is 0 Å². The fourth-order valence-electron chi connectivity index (χ4n) is 2.61. The number of aryl methyl sites for hydroxylation is 2. The molecule has 5 heteroatoms. The van der Waals surface area contributed by atoms with Crippen LogP contribution < -0.4 is 5.73 Å². The van der Waals surface area contributed by atoms with Crippen molar-refractivity contribution in [3.05, 3.63) is 47.2 Å². The quantitative estimate of drug-likeness (QED) is 0.739. The summed E-state index contributed by atoms with van der Waals surface area (Å²) in [5.41, 5.74) is 9.83. The third-order valence-corrected chi connectivity index (χ3v) is 3.73. The predicted octanol–water partition coefficient (Wildman–Crippen LogP) is 3.07. The van der Waals surface area contributed by atoms with Crippen molar-refractivity contribution >= 4 is 16.9 Å². The van der Waals surface area contributed by atoms with Crippen molar-refractivity contribution in [1.29, 1.82) is 0 Å². The summed E-state index contributed by atoms with van der Waals surface area (Å²) in [6, 6.07) is 5.03. The molecule has 20 heavy (non-hydrogen) atoms. The van der Waals surface area contributed by atoms with Crippen LogP contribution in [0.25, 0.3) is 16.7 Å². The van der Waals surface area contributed by atoms with Gasteiger partial charge >= 0.3 is 0 Å². The van der Waals surface area contributed by atoms with Crippen molar-refractivity contribution in [1.82, 2.24) is 14.5 Å². The zero-order chi connectivity index (χ0) is 14.4. The van der Waals surface area contributed by atoms with Gasteiger partial charge < -0.3 is 5.73 Å². The molecule has 0 aliphatic heterocycles. The highest BCUT2D eigenvalue weighted by atomic mass is 19.1. The molecule has 1 aromatic carbocycles. The van der Waals surface area contributed by atoms with E-state index in [1.807, 2.05) is 31.4 Å². The standard InChI is InChI=1S/C15H15FN4/c1-8-5-4-6-11(16)13(8)20-10(3)9(2)12-14(17)18-7-19-15(12)20/h4-7H,1-3H3,(H2,17,18,19). The summed E-state index contributed by atoms with van der Waals surface area (Å²) >= 11 is 0. The summed E-state index contributed by atoms with van der Waals surface area (Å²) in [6.07, 6.45) is 1.41. The molecule has 0 atom stereocenters. The molecule has 0 saturated heterocycles. The second-order valence-corrected chi connectivity index (χ2v) is 4.91. The van der Waals surface area contributed by atoms with E-state index in [-0.39, 0.29) is 5.82 Å². The Morgan fingerprint density at radius 3 is 2.60 bits per heavy atom. The molecule has 2 heterocycles. The lowest BCUT2D eigenvalue weighted by atomic mass is 10.2. The Morgan fingerprint density at radius 2 is 1.90 bits per heavy atom. The second-order valence-electron chi connectivity index (χ2n) is 4.91. The lowest BCUT2D eigenvalue weighted by Gasteiger charge is -2.12. The first-order chi connectivity index (χ1) is 9.52. The maximum absolute atomic E-state index is 14.3. The average Bonchev–Trinajstić information content (AvgIpc) is 2.65. The minimum Gasteiger partial charge on any atom is -0.383 e. The maximum Gasteiger partial charge on any atom is 0.150 e. The molecule has 0 aliphatic rings. The molecule has 3 rings (SSSR count). The number of nitrogens with two attached hydrogens (primary N) is 1. The van der Waals surface area contributed by atoms with Gasteiger partial charge in [-0.05, 0) is 38.0 Å². The lowest BCUT2D eigenvalue weighted by Crippen LogP contribution is -2.04. The first-order valence-corrected chi connectivity index (χ1v) is 6.36. The van der Waals surface area contributed by atoms with Crippen LogP contribution in [0.4, 0.5) is 10.2 Å². The molecule has 2 N–H and O–H groups in total. The molecule has 0 aliphatic carbocycles. The van der Waals surface area contributed by atoms with Gasteiger partial charge in [-0.1, -0.05) is 12.1 Å². The second kappa shape index (κ2) is 4.30. The SMILES string of the molecule is Cc1cccc(F)c1-n1c(C)c(C)c2c(N)ncnc21. The summed E-state index contributed by atoms with van der Waals surface area (Å²) in [5, 5.41) is 0.785. The number of rotatable bonds is 1. The molecular formula is C15H15FN4. The molecule has 0 bridgehead atoms. The summed E-state index contributed by atoms with van der Waals surface area (Å²) in [7, 11) is 0. The number of para-hydroxylation sites is 1. The van der Waals surface area contributed by atoms with E-state index in [0.29, 0.717) is 17.2 Å². The predicted molar refractivity (Wildman–Crippen MR) is 77.4 cm³/mol. The molecule has 0 fully saturated rings. The minimum atomic E-state index is -0.276. The third-order valence-electron chi connectivity index (χ3n) is 3.73. The van der Waals surface area contributed by atoms with E-state index in [0.717, 1.165) is 22.2 Å². The molecule has 0 spiro atoms. The van der Waals surface area contributed by atoms with E-state index in [4.69, 9.17) is 5.73 Å². The summed E-state index contributed by atoms with van der Waals surface area (Å²) in [4.78, 5) is 8.31. The largest absolute Gasteiger partial charge is 0.383 e. The van der Waals surface area contributed by atoms with E-state index in [9.17, 15) is 4.39 Å². The van der Waals surface area contributed by atoms with E-state index < -0.39 is 0 Å². The van der Waals surface area contributed by atoms with Crippen molar-refractivity contribution in [3.63, 3.8) is 0 Å². The van der Waals surface area contributed by atoms with Gasteiger partial charge in [-0.15, -0.1) is 0 Å². The number of hydrogen-bond acceptors (Lipinski definition) is 3. The van der Waals surface area contributed by atoms with Gasteiger partial charge in [0, 0.05) is 5.69 Å². The van der Waals surface area contributed by atoms with Crippen LogP contribution in [0.5, 0.6) is 0 Å². The Balaban J connectivity index is 2.50. The highest BCUT2D eigenvalue weighted by molar-refractivity contribution is 5.92. The molecular weight excluding hydrogens is 255 g/mol. The minimum absolute atomic E-state index is 0.276. The number of nitrogens with zero attached hydrogens (tertiary/aromatic N) is 3. The van der Waals surface area contributed by atoms with Gasteiger partial charge in [0.05, 0.1) is 11.1 Å². The highest BCUT2D eigenvalue weighted by Crippen LogP contribution is 2.31. The Labute approximate surface area is 116 Å². The average molecular weight is 270 g/mol. The zero-order valence-electron chi connectivity index (χ0n) is 11.6. The van der Waals surface area contributed by atoms with Crippen LogP contribution in [0.15, 0.2) is 24.5 Å². The van der Waals surface area contributed by atoms with Gasteiger partial charge in [0.25, 0.3) is 0 Å². The topological polar surface area (TPSA) is 56.7 Å². The Bertz CT molecular complexity index is 800. The Hall–Kier alpha value is -2.43. The van der Waals surface area contributed by atoms with Gasteiger partial charge in [-0.25, -0.2) is 14.4 Å². The van der Waals surface area contributed by atoms with Crippen molar-refractivity contribution in [3.8, 4) is 5.69 Å². The number of anilines is 1. The molecule has 102 valence electrons. The molecule has 0 saturated carbocycles. The van der Waals surface area contributed by atoms with Gasteiger partial charge in [0.15, 0.2) is 5.65 Å². The zero-order valence-corrected chi connectivity index (χ0v) is 11.6. The third kappa shape index (κ3) is 1.59. The van der Waals surface area contributed by atoms with E-state index >= 15 is 0 Å². The van der Waals surface area contributed by atoms with Gasteiger partial charge in [-0.2, -0.15) is 0 Å². The molecule has 0 unspecified atom stereocenters. The van der Waals surface area contributed by atoms with E-state index in [1.54, 1.807) is 6.07 Å². The number of aromatic nitrogens is 3. The van der Waals surface area contributed by atoms with E-state index in [1.165, 1.54) is 12.4 Å². The fourth-order valence-corrected chi connectivity index (χ4v) is 2.61. The van der Waals surface area contributed by atoms with Crippen LogP contribution in [0.1, 0.15) is 16.8 Å². The smallest absolute Gasteiger partial charge is 0.150 e. The van der Waals surface area contributed by atoms with Crippen LogP contribution in [0.2, 0.25) is 0 Å². The van der Waals surface area contributed by atoms with Crippen molar-refractivity contribution < 1.29 is 4.39 Å². The number of nitrogen functional groups attached to an aromatic ring is 1. The molecule has 2 aromatic heterocycles. The monoisotopic (exact) mass is 270 g/mol. The van der Waals surface area contributed by atoms with Crippen LogP contribution in [-0.4, -0.2) is 14.5 Å². The van der Waals surface area contributed by atoms with Crippen LogP contribution >= 0.6 is 0 Å². The first-order valence-electron chi connectivity index (χ1n) is 6.36. The lowest BCUT2D eigenvalue weighted by molar-refractivity contribution is 0.616. The van der Waals surface area contributed by atoms with Crippen LogP contribution in [0, 0.1) is 26.6 Å². The maximum atomic E-state index is 14.3. The van der Waals surface area contributed by atoms with Gasteiger partial charge in [0.2, 0.25) is 0 Å². The van der Waals surface area contributed by atoms with Gasteiger partial charge in [0.1, 0.15) is 18.0 Å². The number of hydrogen-bond donors (Lipinski definition) is 1. The Kier molecular flexibility index (Phi) is 2.71. The van der Waals surface area contributed by atoms with Crippen molar-refractivity contribution in [2.75, 3.05) is 5.73 Å². The van der Waals surface area contributed by atoms with Gasteiger partial charge in [-0.3, -0.25) is 4.57 Å². The number of benzene rings is 1. The number of halogens is 1. The van der Waals surface area contributed by atoms with Crippen molar-refractivity contribution in [2.45, 2.75) is 20.8 Å². The highest BCUT2D eigenvalue weighted by Gasteiger charge is 2.19. The summed E-state index contributed by atoms with van der Waals surface area (Å²) < 4.78 is 16.1. The molecule has 4 nitrogen and oxygen atoms in total. The number of fused-ring (bicyclic) bond motifs is 1. The molecule has 3 aromatic rings. The fraction of sp³-hybridized carbons (Fsp3) is 0.200. The normalized spacial score (nSPS) is 11.2. The van der Waals surface area contributed by atoms with E-state index in [2.05, 4.69) is 9.97 Å². The molecule has 0 radical (unpaired) electrons. The summed E-state index contributed by atoms with van der Waals surface area (Å²) in [6.45, 7) is 5.76. The summed E-state index contributed by atoms with van der Waals surface area (Å²) in [5.74, 6) is 0.144. The Morgan fingerprint density at radius 1 is 1.15 bits per heavy atom. The first kappa shape index (κ1) is 12.6.